The van der Waals surface area contributed by atoms with Crippen LogP contribution >= 0.6 is 0 Å². The Kier molecular flexibility index (Phi) is 5.24. The van der Waals surface area contributed by atoms with Gasteiger partial charge in [0.2, 0.25) is 0 Å². The highest BCUT2D eigenvalue weighted by molar-refractivity contribution is 5.35. The van der Waals surface area contributed by atoms with Crippen molar-refractivity contribution in [2.45, 2.75) is 63.0 Å². The van der Waals surface area contributed by atoms with Gasteiger partial charge in [0.05, 0.1) is 31.1 Å². The van der Waals surface area contributed by atoms with Gasteiger partial charge in [0.25, 0.3) is 0 Å². The molecule has 0 aromatic carbocycles. The van der Waals surface area contributed by atoms with E-state index in [1.54, 1.807) is 0 Å². The zero-order valence-corrected chi connectivity index (χ0v) is 15.9. The summed E-state index contributed by atoms with van der Waals surface area (Å²) in [5.74, 6) is -0.750. The van der Waals surface area contributed by atoms with Gasteiger partial charge >= 0.3 is 6.18 Å². The summed E-state index contributed by atoms with van der Waals surface area (Å²) in [6.45, 7) is 6.80. The Morgan fingerprint density at radius 2 is 1.89 bits per heavy atom. The molecule has 3 saturated heterocycles. The Morgan fingerprint density at radius 1 is 1.18 bits per heavy atom. The van der Waals surface area contributed by atoms with E-state index in [1.165, 1.54) is 19.0 Å². The van der Waals surface area contributed by atoms with Crippen LogP contribution in [-0.2, 0) is 20.4 Å². The van der Waals surface area contributed by atoms with Crippen LogP contribution in [0.15, 0.2) is 12.4 Å². The third kappa shape index (κ3) is 4.24. The normalized spacial score (nSPS) is 33.0. The zero-order chi connectivity index (χ0) is 19.9. The predicted octanol–water partition coefficient (Wildman–Crippen LogP) is 2.29. The summed E-state index contributed by atoms with van der Waals surface area (Å²) in [4.78, 5) is 9.63. The number of halogens is 3. The Bertz CT molecular complexity index is 697. The maximum Gasteiger partial charge on any atom is 0.434 e. The van der Waals surface area contributed by atoms with E-state index in [0.717, 1.165) is 19.6 Å². The number of nitrogens with zero attached hydrogens (tertiary/aromatic N) is 3. The first-order valence-corrected chi connectivity index (χ1v) is 9.57. The van der Waals surface area contributed by atoms with Crippen molar-refractivity contribution in [1.82, 2.24) is 14.9 Å². The van der Waals surface area contributed by atoms with Gasteiger partial charge in [-0.15, -0.1) is 0 Å². The van der Waals surface area contributed by atoms with Gasteiger partial charge in [-0.05, 0) is 39.8 Å². The minimum Gasteiger partial charge on any atom is -0.372 e. The lowest BCUT2D eigenvalue weighted by molar-refractivity contribution is -0.155. The van der Waals surface area contributed by atoms with Crippen LogP contribution in [-0.4, -0.2) is 71.2 Å². The first-order valence-electron chi connectivity index (χ1n) is 9.57. The average Bonchev–Trinajstić information content (AvgIpc) is 3.23. The van der Waals surface area contributed by atoms with Crippen LogP contribution in [0.4, 0.5) is 19.0 Å². The van der Waals surface area contributed by atoms with Crippen molar-refractivity contribution in [2.24, 2.45) is 0 Å². The van der Waals surface area contributed by atoms with Crippen LogP contribution in [0.3, 0.4) is 0 Å². The van der Waals surface area contributed by atoms with Crippen LogP contribution < -0.4 is 5.32 Å². The van der Waals surface area contributed by atoms with Crippen molar-refractivity contribution in [1.29, 1.82) is 0 Å². The van der Waals surface area contributed by atoms with Crippen LogP contribution in [0.2, 0.25) is 0 Å². The molecular formula is C18H25F3N4O3. The Morgan fingerprint density at radius 3 is 2.61 bits per heavy atom. The number of aromatic nitrogens is 2. The summed E-state index contributed by atoms with van der Waals surface area (Å²) in [5.41, 5.74) is -1.04. The SMILES string of the molecule is CC1(C)O[C@@H]2[C@H](O1)[C@@H](Nc1cncc(C(F)(F)F)n1)CO[C@@H]2CN1CCCC1. The molecule has 10 heteroatoms. The van der Waals surface area contributed by atoms with Gasteiger partial charge < -0.3 is 24.4 Å². The summed E-state index contributed by atoms with van der Waals surface area (Å²) in [6, 6.07) is -0.389. The lowest BCUT2D eigenvalue weighted by atomic mass is 9.97. The Hall–Kier alpha value is -1.49. The van der Waals surface area contributed by atoms with Crippen LogP contribution in [0.1, 0.15) is 32.4 Å². The molecule has 0 unspecified atom stereocenters. The summed E-state index contributed by atoms with van der Waals surface area (Å²) in [5, 5.41) is 3.00. The van der Waals surface area contributed by atoms with Crippen LogP contribution in [0.5, 0.6) is 0 Å². The molecule has 3 fully saturated rings. The summed E-state index contributed by atoms with van der Waals surface area (Å²) in [7, 11) is 0. The maximum absolute atomic E-state index is 12.9. The lowest BCUT2D eigenvalue weighted by Gasteiger charge is -2.39. The fourth-order valence-electron chi connectivity index (χ4n) is 4.09. The molecule has 0 aliphatic carbocycles. The second-order valence-electron chi connectivity index (χ2n) is 7.98. The minimum absolute atomic E-state index is 0.0356. The molecule has 0 saturated carbocycles. The number of anilines is 1. The summed E-state index contributed by atoms with van der Waals surface area (Å²) in [6.07, 6.45) is -1.02. The summed E-state index contributed by atoms with van der Waals surface area (Å²) < 4.78 is 56.9. The van der Waals surface area contributed by atoms with Crippen molar-refractivity contribution in [3.05, 3.63) is 18.1 Å². The van der Waals surface area contributed by atoms with Gasteiger partial charge in [-0.2, -0.15) is 13.2 Å². The fourth-order valence-corrected chi connectivity index (χ4v) is 4.09. The van der Waals surface area contributed by atoms with Crippen molar-refractivity contribution in [2.75, 3.05) is 31.6 Å². The van der Waals surface area contributed by atoms with E-state index in [0.29, 0.717) is 6.20 Å². The number of rotatable bonds is 4. The van der Waals surface area contributed by atoms with E-state index in [9.17, 15) is 13.2 Å². The first kappa shape index (κ1) is 19.8. The molecule has 0 amide bonds. The molecule has 0 spiro atoms. The predicted molar refractivity (Wildman–Crippen MR) is 93.7 cm³/mol. The number of fused-ring (bicyclic) bond motifs is 1. The topological polar surface area (TPSA) is 68.7 Å². The lowest BCUT2D eigenvalue weighted by Crippen LogP contribution is -2.57. The number of nitrogens with one attached hydrogen (secondary N) is 1. The van der Waals surface area contributed by atoms with Gasteiger partial charge in [0.1, 0.15) is 18.0 Å². The molecule has 3 aliphatic rings. The molecule has 3 aliphatic heterocycles. The highest BCUT2D eigenvalue weighted by atomic mass is 19.4. The number of ether oxygens (including phenoxy) is 3. The molecule has 1 N–H and O–H groups in total. The maximum atomic E-state index is 12.9. The minimum atomic E-state index is -4.55. The molecule has 7 nitrogen and oxygen atoms in total. The molecule has 4 atom stereocenters. The molecule has 0 radical (unpaired) electrons. The number of hydrogen-bond donors (Lipinski definition) is 1. The Labute approximate surface area is 161 Å². The number of likely N-dealkylation sites (tertiary alicyclic amines) is 1. The van der Waals surface area contributed by atoms with Gasteiger partial charge in [-0.25, -0.2) is 4.98 Å². The second-order valence-corrected chi connectivity index (χ2v) is 7.98. The van der Waals surface area contributed by atoms with Gasteiger partial charge in [-0.1, -0.05) is 0 Å². The van der Waals surface area contributed by atoms with E-state index in [2.05, 4.69) is 20.2 Å². The van der Waals surface area contributed by atoms with E-state index >= 15 is 0 Å². The van der Waals surface area contributed by atoms with Gasteiger partial charge in [0, 0.05) is 6.54 Å². The molecule has 28 heavy (non-hydrogen) atoms. The quantitative estimate of drug-likeness (QED) is 0.829. The monoisotopic (exact) mass is 402 g/mol. The molecule has 0 bridgehead atoms. The molecule has 1 aromatic rings. The van der Waals surface area contributed by atoms with Crippen molar-refractivity contribution in [3.63, 3.8) is 0 Å². The van der Waals surface area contributed by atoms with Gasteiger partial charge in [0.15, 0.2) is 11.5 Å². The fraction of sp³-hybridized carbons (Fsp3) is 0.778. The zero-order valence-electron chi connectivity index (χ0n) is 15.9. The molecule has 1 aromatic heterocycles. The van der Waals surface area contributed by atoms with E-state index < -0.39 is 17.7 Å². The van der Waals surface area contributed by atoms with Crippen LogP contribution in [0.25, 0.3) is 0 Å². The van der Waals surface area contributed by atoms with E-state index in [4.69, 9.17) is 14.2 Å². The number of alkyl halides is 3. The largest absolute Gasteiger partial charge is 0.434 e. The van der Waals surface area contributed by atoms with Crippen LogP contribution in [0, 0.1) is 0 Å². The average molecular weight is 402 g/mol. The van der Waals surface area contributed by atoms with Gasteiger partial charge in [-0.3, -0.25) is 4.98 Å². The second kappa shape index (κ2) is 7.40. The highest BCUT2D eigenvalue weighted by Gasteiger charge is 2.52. The smallest absolute Gasteiger partial charge is 0.372 e. The first-order chi connectivity index (χ1) is 13.2. The molecule has 4 heterocycles. The van der Waals surface area contributed by atoms with Crippen molar-refractivity contribution < 1.29 is 27.4 Å². The number of hydrogen-bond acceptors (Lipinski definition) is 7. The summed E-state index contributed by atoms with van der Waals surface area (Å²) >= 11 is 0. The molecule has 4 rings (SSSR count). The van der Waals surface area contributed by atoms with E-state index in [1.807, 2.05) is 13.8 Å². The third-order valence-electron chi connectivity index (χ3n) is 5.31. The van der Waals surface area contributed by atoms with E-state index in [-0.39, 0.29) is 36.8 Å². The highest BCUT2D eigenvalue weighted by Crippen LogP contribution is 2.37. The van der Waals surface area contributed by atoms with Crippen molar-refractivity contribution in [3.8, 4) is 0 Å². The molecular weight excluding hydrogens is 377 g/mol. The standard InChI is InChI=1S/C18H25F3N4O3/c1-17(2)27-15-11(23-14-8-22-7-13(24-14)18(19,20)21)10-26-12(16(15)28-17)9-25-5-3-4-6-25/h7-8,11-12,15-16H,3-6,9-10H2,1-2H3,(H,23,24)/t11-,12+,15+,16-/m0/s1. The van der Waals surface area contributed by atoms with Crippen molar-refractivity contribution >= 4 is 5.82 Å². The Balaban J connectivity index is 1.48. The third-order valence-corrected chi connectivity index (χ3v) is 5.31. The molecule has 156 valence electrons.